The van der Waals surface area contributed by atoms with Gasteiger partial charge in [0.25, 0.3) is 5.92 Å². The molecule has 1 aliphatic heterocycles. The van der Waals surface area contributed by atoms with E-state index in [4.69, 9.17) is 4.74 Å². The van der Waals surface area contributed by atoms with Crippen molar-refractivity contribution in [1.29, 1.82) is 0 Å². The van der Waals surface area contributed by atoms with Gasteiger partial charge in [-0.2, -0.15) is 13.8 Å². The van der Waals surface area contributed by atoms with E-state index in [9.17, 15) is 13.6 Å². The lowest BCUT2D eigenvalue weighted by molar-refractivity contribution is 0.0525. The minimum Gasteiger partial charge on any atom is -0.495 e. The first kappa shape index (κ1) is 23.0. The van der Waals surface area contributed by atoms with Crippen molar-refractivity contribution in [3.63, 3.8) is 0 Å². The summed E-state index contributed by atoms with van der Waals surface area (Å²) >= 11 is 0. The van der Waals surface area contributed by atoms with Gasteiger partial charge in [-0.3, -0.25) is 9.78 Å². The predicted octanol–water partition coefficient (Wildman–Crippen LogP) is 5.82. The fourth-order valence-corrected chi connectivity index (χ4v) is 3.48. The number of nitrogens with one attached hydrogen (secondary N) is 1. The summed E-state index contributed by atoms with van der Waals surface area (Å²) in [5, 5.41) is 2.98. The van der Waals surface area contributed by atoms with Crippen LogP contribution in [0, 0.1) is 0 Å². The van der Waals surface area contributed by atoms with Crippen molar-refractivity contribution < 1.29 is 19.7 Å². The molecular formula is C25H25F2N5O2. The number of fused-ring (bicyclic) bond motifs is 1. The molecule has 0 saturated carbocycles. The second-order valence-corrected chi connectivity index (χ2v) is 7.94. The van der Waals surface area contributed by atoms with Gasteiger partial charge in [0.1, 0.15) is 11.6 Å². The summed E-state index contributed by atoms with van der Waals surface area (Å²) < 4.78 is 34.9. The smallest absolute Gasteiger partial charge is 0.296 e. The van der Waals surface area contributed by atoms with Gasteiger partial charge in [-0.1, -0.05) is 23.8 Å². The van der Waals surface area contributed by atoms with Crippen LogP contribution in [0.1, 0.15) is 31.2 Å². The van der Waals surface area contributed by atoms with Crippen molar-refractivity contribution in [2.75, 3.05) is 23.9 Å². The van der Waals surface area contributed by atoms with Crippen molar-refractivity contribution in [3.05, 3.63) is 83.9 Å². The Kier molecular flexibility index (Phi) is 6.36. The van der Waals surface area contributed by atoms with E-state index in [1.165, 1.54) is 19.3 Å². The number of hydrogen-bond donors (Lipinski definition) is 1. The molecule has 3 aromatic rings. The van der Waals surface area contributed by atoms with E-state index >= 15 is 0 Å². The number of ketones is 1. The number of halogens is 2. The van der Waals surface area contributed by atoms with Crippen LogP contribution in [0.2, 0.25) is 0 Å². The van der Waals surface area contributed by atoms with Crippen LogP contribution in [0.4, 0.5) is 31.9 Å². The third-order valence-electron chi connectivity index (χ3n) is 5.07. The SMILES string of the molecule is COc1cncc(Nc2ncc3c(n2)N(c2cccc(C(=O)C=C(C)C)c2)CC=CC3(F)F)c1.[HH]. The Balaban J connectivity index is 0.00000342. The number of benzene rings is 1. The number of carbonyl (C=O) groups is 1. The number of pyridine rings is 1. The number of rotatable bonds is 6. The third kappa shape index (κ3) is 4.93. The lowest BCUT2D eigenvalue weighted by Crippen LogP contribution is -2.22. The summed E-state index contributed by atoms with van der Waals surface area (Å²) in [5.41, 5.74) is 2.09. The average Bonchev–Trinajstić information content (AvgIpc) is 2.94. The zero-order valence-electron chi connectivity index (χ0n) is 18.9. The first-order valence-corrected chi connectivity index (χ1v) is 10.5. The number of alkyl halides is 2. The summed E-state index contributed by atoms with van der Waals surface area (Å²) in [4.78, 5) is 26.7. The Bertz CT molecular complexity index is 1290. The van der Waals surface area contributed by atoms with E-state index in [2.05, 4.69) is 20.3 Å². The lowest BCUT2D eigenvalue weighted by atomic mass is 10.1. The zero-order valence-corrected chi connectivity index (χ0v) is 18.9. The number of nitrogens with zero attached hydrogens (tertiary/aromatic N) is 4. The van der Waals surface area contributed by atoms with Crippen molar-refractivity contribution in [3.8, 4) is 5.75 Å². The molecule has 0 atom stereocenters. The number of anilines is 4. The molecule has 4 rings (SSSR count). The summed E-state index contributed by atoms with van der Waals surface area (Å²) in [6, 6.07) is 8.52. The van der Waals surface area contributed by atoms with Crippen LogP contribution in [0.15, 0.2) is 72.7 Å². The highest BCUT2D eigenvalue weighted by atomic mass is 19.3. The predicted molar refractivity (Wildman–Crippen MR) is 128 cm³/mol. The highest BCUT2D eigenvalue weighted by molar-refractivity contribution is 6.05. The summed E-state index contributed by atoms with van der Waals surface area (Å²) in [7, 11) is 1.52. The van der Waals surface area contributed by atoms with Crippen LogP contribution in [0.25, 0.3) is 0 Å². The largest absolute Gasteiger partial charge is 0.495 e. The minimum atomic E-state index is -3.25. The second-order valence-electron chi connectivity index (χ2n) is 7.94. The minimum absolute atomic E-state index is 0. The molecule has 7 nitrogen and oxygen atoms in total. The van der Waals surface area contributed by atoms with Gasteiger partial charge in [-0.25, -0.2) is 4.98 Å². The van der Waals surface area contributed by atoms with Crippen molar-refractivity contribution in [2.45, 2.75) is 19.8 Å². The molecule has 1 aliphatic rings. The second kappa shape index (κ2) is 9.38. The molecule has 1 aromatic carbocycles. The van der Waals surface area contributed by atoms with Crippen LogP contribution < -0.4 is 15.0 Å². The number of hydrogen-bond acceptors (Lipinski definition) is 7. The van der Waals surface area contributed by atoms with Crippen LogP contribution in [0.5, 0.6) is 5.75 Å². The maximum absolute atomic E-state index is 14.9. The van der Waals surface area contributed by atoms with Crippen LogP contribution in [-0.2, 0) is 5.92 Å². The van der Waals surface area contributed by atoms with E-state index in [-0.39, 0.29) is 31.1 Å². The van der Waals surface area contributed by atoms with E-state index in [0.717, 1.165) is 17.8 Å². The number of carbonyl (C=O) groups excluding carboxylic acids is 1. The third-order valence-corrected chi connectivity index (χ3v) is 5.07. The Labute approximate surface area is 197 Å². The average molecular weight is 466 g/mol. The number of methoxy groups -OCH3 is 1. The summed E-state index contributed by atoms with van der Waals surface area (Å²) in [6.07, 6.45) is 7.96. The molecule has 0 bridgehead atoms. The molecule has 0 spiro atoms. The quantitative estimate of drug-likeness (QED) is 0.279. The van der Waals surface area contributed by atoms with Crippen LogP contribution in [-0.4, -0.2) is 34.4 Å². The Morgan fingerprint density at radius 3 is 2.82 bits per heavy atom. The standard InChI is InChI=1S/C25H23F2N5O2.H2/c1-16(2)10-22(33)17-6-4-7-19(11-17)32-9-5-8-25(26,27)21-15-29-24(31-23(21)32)30-18-12-20(34-3)14-28-13-18;/h4-8,10-15H,9H2,1-3H3,(H,29,30,31);1H. The van der Waals surface area contributed by atoms with E-state index in [1.54, 1.807) is 47.6 Å². The Morgan fingerprint density at radius 1 is 1.24 bits per heavy atom. The highest BCUT2D eigenvalue weighted by Crippen LogP contribution is 2.40. The first-order chi connectivity index (χ1) is 16.3. The summed E-state index contributed by atoms with van der Waals surface area (Å²) in [6.45, 7) is 3.81. The normalized spacial score (nSPS) is 14.1. The van der Waals surface area contributed by atoms with Gasteiger partial charge < -0.3 is 15.0 Å². The molecule has 0 fully saturated rings. The molecule has 0 saturated heterocycles. The van der Waals surface area contributed by atoms with Gasteiger partial charge in [-0.15, -0.1) is 0 Å². The van der Waals surface area contributed by atoms with E-state index in [0.29, 0.717) is 22.7 Å². The fourth-order valence-electron chi connectivity index (χ4n) is 3.48. The molecule has 0 radical (unpaired) electrons. The van der Waals surface area contributed by atoms with Gasteiger partial charge in [-0.05, 0) is 38.1 Å². The van der Waals surface area contributed by atoms with Crippen molar-refractivity contribution in [2.24, 2.45) is 0 Å². The van der Waals surface area contributed by atoms with Gasteiger partial charge in [0.05, 0.1) is 30.8 Å². The molecule has 1 N–H and O–H groups in total. The van der Waals surface area contributed by atoms with Crippen LogP contribution >= 0.6 is 0 Å². The zero-order chi connectivity index (χ0) is 24.3. The monoisotopic (exact) mass is 465 g/mol. The molecule has 0 unspecified atom stereocenters. The Morgan fingerprint density at radius 2 is 2.06 bits per heavy atom. The summed E-state index contributed by atoms with van der Waals surface area (Å²) in [5.74, 6) is -2.73. The molecule has 9 heteroatoms. The molecule has 3 heterocycles. The number of allylic oxidation sites excluding steroid dienone is 3. The molecule has 34 heavy (non-hydrogen) atoms. The van der Waals surface area contributed by atoms with Crippen LogP contribution in [0.3, 0.4) is 0 Å². The lowest BCUT2D eigenvalue weighted by Gasteiger charge is -2.25. The van der Waals surface area contributed by atoms with Crippen molar-refractivity contribution in [1.82, 2.24) is 15.0 Å². The maximum atomic E-state index is 14.9. The number of aromatic nitrogens is 3. The van der Waals surface area contributed by atoms with Gasteiger partial charge >= 0.3 is 0 Å². The fraction of sp³-hybridized carbons (Fsp3) is 0.200. The molecule has 2 aromatic heterocycles. The molecule has 0 amide bonds. The topological polar surface area (TPSA) is 80.2 Å². The van der Waals surface area contributed by atoms with Gasteiger partial charge in [0.2, 0.25) is 5.95 Å². The van der Waals surface area contributed by atoms with Gasteiger partial charge in [0.15, 0.2) is 5.78 Å². The first-order valence-electron chi connectivity index (χ1n) is 10.5. The molecule has 176 valence electrons. The molecular weight excluding hydrogens is 440 g/mol. The van der Waals surface area contributed by atoms with Crippen molar-refractivity contribution >= 4 is 28.9 Å². The maximum Gasteiger partial charge on any atom is 0.296 e. The highest BCUT2D eigenvalue weighted by Gasteiger charge is 2.36. The number of ether oxygens (including phenoxy) is 1. The molecule has 0 aliphatic carbocycles. The van der Waals surface area contributed by atoms with E-state index < -0.39 is 5.92 Å². The Hall–Kier alpha value is -4.14. The van der Waals surface area contributed by atoms with Gasteiger partial charge in [0, 0.05) is 31.5 Å². The van der Waals surface area contributed by atoms with E-state index in [1.807, 2.05) is 13.8 Å².